The van der Waals surface area contributed by atoms with Crippen LogP contribution in [0.3, 0.4) is 0 Å². The van der Waals surface area contributed by atoms with Gasteiger partial charge in [-0.3, -0.25) is 4.68 Å². The first kappa shape index (κ1) is 13.1. The van der Waals surface area contributed by atoms with Crippen LogP contribution in [-0.4, -0.2) is 32.7 Å². The first-order valence-electron chi connectivity index (χ1n) is 7.74. The summed E-state index contributed by atoms with van der Waals surface area (Å²) in [6, 6.07) is 12.7. The minimum atomic E-state index is 0.524. The quantitative estimate of drug-likeness (QED) is 0.745. The third-order valence-electron chi connectivity index (χ3n) is 4.32. The van der Waals surface area contributed by atoms with E-state index in [0.29, 0.717) is 6.04 Å². The molecule has 1 saturated heterocycles. The monoisotopic (exact) mass is 293 g/mol. The van der Waals surface area contributed by atoms with Gasteiger partial charge in [0.05, 0.1) is 29.8 Å². The van der Waals surface area contributed by atoms with Crippen molar-refractivity contribution < 1.29 is 0 Å². The van der Waals surface area contributed by atoms with E-state index in [-0.39, 0.29) is 0 Å². The Balaban J connectivity index is 1.45. The smallest absolute Gasteiger partial charge is 0.0757 e. The molecule has 0 N–H and O–H groups in total. The highest BCUT2D eigenvalue weighted by atomic mass is 15.3. The summed E-state index contributed by atoms with van der Waals surface area (Å²) in [6.07, 6.45) is 10.2. The number of piperidine rings is 1. The standard InChI is InChI=1S/C17H19N5/c1-2-5-15(6-3-1)22-14-17(13-19-22)20-11-7-16(8-12-20)21-10-4-9-18-21/h1-6,9-10,13-14,16H,7-8,11-12H2. The van der Waals surface area contributed by atoms with Crippen LogP contribution < -0.4 is 4.90 Å². The first-order chi connectivity index (χ1) is 10.9. The molecule has 3 heterocycles. The largest absolute Gasteiger partial charge is 0.369 e. The molecule has 112 valence electrons. The van der Waals surface area contributed by atoms with Crippen LogP contribution in [0.2, 0.25) is 0 Å². The van der Waals surface area contributed by atoms with E-state index in [4.69, 9.17) is 0 Å². The maximum atomic E-state index is 4.49. The predicted octanol–water partition coefficient (Wildman–Crippen LogP) is 2.91. The Morgan fingerprint density at radius 2 is 1.73 bits per heavy atom. The van der Waals surface area contributed by atoms with Crippen LogP contribution in [0.4, 0.5) is 5.69 Å². The molecule has 0 atom stereocenters. The third-order valence-corrected chi connectivity index (χ3v) is 4.32. The molecule has 0 amide bonds. The number of aromatic nitrogens is 4. The van der Waals surface area contributed by atoms with Crippen LogP contribution in [0.15, 0.2) is 61.2 Å². The van der Waals surface area contributed by atoms with E-state index in [2.05, 4.69) is 44.3 Å². The molecule has 0 radical (unpaired) electrons. The number of nitrogens with zero attached hydrogens (tertiary/aromatic N) is 5. The van der Waals surface area contributed by atoms with Gasteiger partial charge in [0.2, 0.25) is 0 Å². The van der Waals surface area contributed by atoms with Crippen molar-refractivity contribution in [3.05, 3.63) is 61.2 Å². The van der Waals surface area contributed by atoms with E-state index < -0.39 is 0 Å². The fourth-order valence-electron chi connectivity index (χ4n) is 3.08. The SMILES string of the molecule is c1ccc(-n2cc(N3CCC(n4cccn4)CC3)cn2)cc1. The summed E-state index contributed by atoms with van der Waals surface area (Å²) in [5.74, 6) is 0. The van der Waals surface area contributed by atoms with E-state index in [0.717, 1.165) is 31.6 Å². The van der Waals surface area contributed by atoms with Crippen molar-refractivity contribution in [2.75, 3.05) is 18.0 Å². The summed E-state index contributed by atoms with van der Waals surface area (Å²) in [6.45, 7) is 2.09. The fourth-order valence-corrected chi connectivity index (χ4v) is 3.08. The average Bonchev–Trinajstić information content (AvgIpc) is 3.28. The molecule has 1 aliphatic heterocycles. The van der Waals surface area contributed by atoms with Gasteiger partial charge in [-0.1, -0.05) is 18.2 Å². The Bertz CT molecular complexity index is 709. The number of anilines is 1. The lowest BCUT2D eigenvalue weighted by Gasteiger charge is -2.32. The van der Waals surface area contributed by atoms with Gasteiger partial charge in [0.15, 0.2) is 0 Å². The van der Waals surface area contributed by atoms with Gasteiger partial charge >= 0.3 is 0 Å². The molecule has 5 nitrogen and oxygen atoms in total. The second-order valence-electron chi connectivity index (χ2n) is 5.68. The minimum absolute atomic E-state index is 0.524. The molecular formula is C17H19N5. The molecule has 0 spiro atoms. The Hall–Kier alpha value is -2.56. The Kier molecular flexibility index (Phi) is 3.39. The fraction of sp³-hybridized carbons (Fsp3) is 0.294. The van der Waals surface area contributed by atoms with Crippen molar-refractivity contribution in [3.63, 3.8) is 0 Å². The predicted molar refractivity (Wildman–Crippen MR) is 86.3 cm³/mol. The Labute approximate surface area is 129 Å². The highest BCUT2D eigenvalue weighted by molar-refractivity contribution is 5.45. The van der Waals surface area contributed by atoms with E-state index in [1.807, 2.05) is 41.3 Å². The number of benzene rings is 1. The van der Waals surface area contributed by atoms with Gasteiger partial charge in [0.25, 0.3) is 0 Å². The maximum Gasteiger partial charge on any atom is 0.0757 e. The summed E-state index contributed by atoms with van der Waals surface area (Å²) < 4.78 is 4.03. The summed E-state index contributed by atoms with van der Waals surface area (Å²) in [7, 11) is 0. The molecule has 0 aliphatic carbocycles. The molecule has 2 aromatic heterocycles. The van der Waals surface area contributed by atoms with Crippen LogP contribution in [0, 0.1) is 0 Å². The van der Waals surface area contributed by atoms with Crippen LogP contribution in [0.5, 0.6) is 0 Å². The molecule has 4 rings (SSSR count). The van der Waals surface area contributed by atoms with E-state index in [1.165, 1.54) is 5.69 Å². The molecule has 5 heteroatoms. The van der Waals surface area contributed by atoms with Crippen LogP contribution in [0.25, 0.3) is 5.69 Å². The van der Waals surface area contributed by atoms with Crippen molar-refractivity contribution >= 4 is 5.69 Å². The molecule has 3 aromatic rings. The zero-order chi connectivity index (χ0) is 14.8. The molecule has 1 aromatic carbocycles. The van der Waals surface area contributed by atoms with Gasteiger partial charge in [0.1, 0.15) is 0 Å². The van der Waals surface area contributed by atoms with Crippen molar-refractivity contribution in [3.8, 4) is 5.69 Å². The molecule has 0 bridgehead atoms. The second-order valence-corrected chi connectivity index (χ2v) is 5.68. The maximum absolute atomic E-state index is 4.49. The van der Waals surface area contributed by atoms with Gasteiger partial charge in [-0.25, -0.2) is 4.68 Å². The lowest BCUT2D eigenvalue weighted by molar-refractivity contribution is 0.367. The van der Waals surface area contributed by atoms with Gasteiger partial charge in [-0.15, -0.1) is 0 Å². The number of hydrogen-bond acceptors (Lipinski definition) is 3. The highest BCUT2D eigenvalue weighted by Gasteiger charge is 2.21. The summed E-state index contributed by atoms with van der Waals surface area (Å²) in [4.78, 5) is 2.41. The summed E-state index contributed by atoms with van der Waals surface area (Å²) >= 11 is 0. The van der Waals surface area contributed by atoms with E-state index in [1.54, 1.807) is 0 Å². The van der Waals surface area contributed by atoms with E-state index >= 15 is 0 Å². The number of para-hydroxylation sites is 1. The number of rotatable bonds is 3. The third kappa shape index (κ3) is 2.50. The highest BCUT2D eigenvalue weighted by Crippen LogP contribution is 2.26. The Morgan fingerprint density at radius 3 is 2.45 bits per heavy atom. The first-order valence-corrected chi connectivity index (χ1v) is 7.74. The van der Waals surface area contributed by atoms with Gasteiger partial charge in [-0.2, -0.15) is 10.2 Å². The summed E-state index contributed by atoms with van der Waals surface area (Å²) in [5, 5.41) is 8.85. The van der Waals surface area contributed by atoms with Crippen molar-refractivity contribution in [1.82, 2.24) is 19.6 Å². The lowest BCUT2D eigenvalue weighted by Crippen LogP contribution is -2.34. The second kappa shape index (κ2) is 5.67. The topological polar surface area (TPSA) is 38.9 Å². The molecule has 1 aliphatic rings. The zero-order valence-electron chi connectivity index (χ0n) is 12.4. The van der Waals surface area contributed by atoms with Crippen LogP contribution in [0.1, 0.15) is 18.9 Å². The molecule has 0 unspecified atom stereocenters. The molecule has 0 saturated carbocycles. The van der Waals surface area contributed by atoms with Crippen LogP contribution in [-0.2, 0) is 0 Å². The van der Waals surface area contributed by atoms with Gasteiger partial charge < -0.3 is 4.90 Å². The molecule has 1 fully saturated rings. The number of hydrogen-bond donors (Lipinski definition) is 0. The zero-order valence-corrected chi connectivity index (χ0v) is 12.4. The van der Waals surface area contributed by atoms with Gasteiger partial charge in [0, 0.05) is 25.5 Å². The lowest BCUT2D eigenvalue weighted by atomic mass is 10.1. The Morgan fingerprint density at radius 1 is 0.909 bits per heavy atom. The summed E-state index contributed by atoms with van der Waals surface area (Å²) in [5.41, 5.74) is 2.29. The minimum Gasteiger partial charge on any atom is -0.369 e. The van der Waals surface area contributed by atoms with E-state index in [9.17, 15) is 0 Å². The normalized spacial score (nSPS) is 16.1. The van der Waals surface area contributed by atoms with Crippen molar-refractivity contribution in [2.45, 2.75) is 18.9 Å². The van der Waals surface area contributed by atoms with Crippen molar-refractivity contribution in [1.29, 1.82) is 0 Å². The molecular weight excluding hydrogens is 274 g/mol. The average molecular weight is 293 g/mol. The molecule has 22 heavy (non-hydrogen) atoms. The van der Waals surface area contributed by atoms with Crippen LogP contribution >= 0.6 is 0 Å². The van der Waals surface area contributed by atoms with Gasteiger partial charge in [-0.05, 0) is 31.0 Å². The van der Waals surface area contributed by atoms with Crippen molar-refractivity contribution in [2.24, 2.45) is 0 Å².